The highest BCUT2D eigenvalue weighted by Gasteiger charge is 2.48. The first-order chi connectivity index (χ1) is 21.7. The van der Waals surface area contributed by atoms with Crippen LogP contribution in [0.15, 0.2) is 81.4 Å². The number of aromatic nitrogens is 4. The smallest absolute Gasteiger partial charge is 0.269 e. The van der Waals surface area contributed by atoms with Crippen LogP contribution in [0.5, 0.6) is 0 Å². The van der Waals surface area contributed by atoms with Crippen LogP contribution in [0.2, 0.25) is 0 Å². The number of aliphatic hydroxyl groups excluding tert-OH is 1. The van der Waals surface area contributed by atoms with E-state index in [1.54, 1.807) is 51.5 Å². The number of hydrogen-bond acceptors (Lipinski definition) is 11. The molecule has 0 bridgehead atoms. The quantitative estimate of drug-likeness (QED) is 0.159. The summed E-state index contributed by atoms with van der Waals surface area (Å²) in [6.07, 6.45) is 6.68. The van der Waals surface area contributed by atoms with Gasteiger partial charge >= 0.3 is 0 Å². The van der Waals surface area contributed by atoms with Gasteiger partial charge in [-0.2, -0.15) is 5.26 Å². The van der Waals surface area contributed by atoms with Crippen molar-refractivity contribution in [2.75, 3.05) is 18.8 Å². The lowest BCUT2D eigenvalue weighted by Crippen LogP contribution is -2.62. The molecule has 0 saturated carbocycles. The topological polar surface area (TPSA) is 192 Å². The van der Waals surface area contributed by atoms with Crippen molar-refractivity contribution in [1.82, 2.24) is 22.8 Å². The zero-order valence-electron chi connectivity index (χ0n) is 24.3. The van der Waals surface area contributed by atoms with E-state index in [9.17, 15) is 23.3 Å². The van der Waals surface area contributed by atoms with Crippen LogP contribution < -0.4 is 5.73 Å². The van der Waals surface area contributed by atoms with Crippen LogP contribution in [0.25, 0.3) is 39.3 Å². The Morgan fingerprint density at radius 3 is 2.71 bits per heavy atom. The molecule has 3 N–H and O–H groups in total. The fourth-order valence-corrected chi connectivity index (χ4v) is 8.05. The van der Waals surface area contributed by atoms with Gasteiger partial charge in [0.2, 0.25) is 0 Å². The molecule has 4 aromatic heterocycles. The van der Waals surface area contributed by atoms with Crippen LogP contribution in [0.4, 0.5) is 0 Å². The summed E-state index contributed by atoms with van der Waals surface area (Å²) < 4.78 is 50.1. The number of fused-ring (bicyclic) bond motifs is 3. The van der Waals surface area contributed by atoms with E-state index in [1.807, 2.05) is 6.92 Å². The predicted molar refractivity (Wildman–Crippen MR) is 170 cm³/mol. The number of nitriles is 1. The van der Waals surface area contributed by atoms with Gasteiger partial charge in [0.1, 0.15) is 29.2 Å². The molecule has 0 amide bonds. The van der Waals surface area contributed by atoms with Crippen LogP contribution >= 0.6 is 0 Å². The van der Waals surface area contributed by atoms with Gasteiger partial charge in [0.25, 0.3) is 10.0 Å². The molecule has 15 heteroatoms. The molecule has 232 valence electrons. The van der Waals surface area contributed by atoms with Gasteiger partial charge in [-0.3, -0.25) is 9.56 Å². The lowest BCUT2D eigenvalue weighted by atomic mass is 9.90. The van der Waals surface area contributed by atoms with Crippen molar-refractivity contribution in [3.63, 3.8) is 0 Å². The average Bonchev–Trinajstić information content (AvgIpc) is 3.77. The second-order valence-electron chi connectivity index (χ2n) is 10.6. The standard InChI is InChI=1S/C30H30N8O5S2/c1-2-14-44(40)36-19-30(20-36,11-12-31)34-16-21(15-32)38-27-24-10-13-37(45(41,42)23-6-4-3-5-7-23)28(24)33-17-25(27)35-29(38)26-9-8-22(18-39)43-26/h3-10,13,15-17,39H,2,11,14,18-20,32H2,1H3. The maximum absolute atomic E-state index is 13.6. The van der Waals surface area contributed by atoms with E-state index in [4.69, 9.17) is 20.1 Å². The Bertz CT molecular complexity index is 2070. The monoisotopic (exact) mass is 646 g/mol. The van der Waals surface area contributed by atoms with Gasteiger partial charge in [-0.15, -0.1) is 4.31 Å². The van der Waals surface area contributed by atoms with Crippen LogP contribution in [0.1, 0.15) is 25.5 Å². The van der Waals surface area contributed by atoms with Crippen LogP contribution in [0, 0.1) is 11.3 Å². The number of rotatable bonds is 11. The van der Waals surface area contributed by atoms with E-state index in [1.165, 1.54) is 30.7 Å². The van der Waals surface area contributed by atoms with E-state index in [0.29, 0.717) is 58.3 Å². The minimum absolute atomic E-state index is 0.109. The molecule has 6 rings (SSSR count). The Hall–Kier alpha value is -4.46. The minimum atomic E-state index is -3.97. The van der Waals surface area contributed by atoms with Crippen molar-refractivity contribution in [1.29, 1.82) is 5.26 Å². The van der Waals surface area contributed by atoms with Crippen molar-refractivity contribution in [2.24, 2.45) is 10.7 Å². The van der Waals surface area contributed by atoms with Gasteiger partial charge in [0.05, 0.1) is 47.9 Å². The SMILES string of the molecule is CCC[S+]([O-])N1CC(CC#N)(N=CC(=CN)n2c(-c3ccc(CO)o3)nc3cnc4c(ccn4S(=O)(=O)c4ccccc4)c32)C1. The van der Waals surface area contributed by atoms with Crippen molar-refractivity contribution in [3.05, 3.63) is 72.9 Å². The molecule has 5 aromatic rings. The third-order valence-corrected chi connectivity index (χ3v) is 10.8. The number of hydrogen-bond donors (Lipinski definition) is 2. The van der Waals surface area contributed by atoms with Gasteiger partial charge in [-0.05, 0) is 36.8 Å². The summed E-state index contributed by atoms with van der Waals surface area (Å²) in [5.74, 6) is 1.49. The van der Waals surface area contributed by atoms with E-state index in [-0.39, 0.29) is 23.6 Å². The lowest BCUT2D eigenvalue weighted by molar-refractivity contribution is 0.165. The number of nitrogens with zero attached hydrogens (tertiary/aromatic N) is 7. The van der Waals surface area contributed by atoms with Crippen molar-refractivity contribution < 1.29 is 22.5 Å². The summed E-state index contributed by atoms with van der Waals surface area (Å²) in [5.41, 5.74) is 6.89. The summed E-state index contributed by atoms with van der Waals surface area (Å²) >= 11 is -1.15. The van der Waals surface area contributed by atoms with Crippen molar-refractivity contribution in [3.8, 4) is 17.7 Å². The number of nitrogens with two attached hydrogens (primary N) is 1. The average molecular weight is 647 g/mol. The highest BCUT2D eigenvalue weighted by molar-refractivity contribution is 7.90. The van der Waals surface area contributed by atoms with Crippen LogP contribution in [-0.4, -0.2) is 71.5 Å². The number of allylic oxidation sites excluding steroid dienone is 1. The first-order valence-corrected chi connectivity index (χ1v) is 16.8. The predicted octanol–water partition coefficient (Wildman–Crippen LogP) is 3.24. The van der Waals surface area contributed by atoms with Gasteiger partial charge in [0.15, 0.2) is 17.2 Å². The van der Waals surface area contributed by atoms with E-state index >= 15 is 0 Å². The number of benzene rings is 1. The van der Waals surface area contributed by atoms with Gasteiger partial charge in [0, 0.05) is 35.4 Å². The third kappa shape index (κ3) is 5.40. The van der Waals surface area contributed by atoms with Crippen LogP contribution in [-0.2, 0) is 28.0 Å². The van der Waals surface area contributed by atoms with E-state index in [2.05, 4.69) is 11.1 Å². The normalized spacial score (nSPS) is 16.4. The van der Waals surface area contributed by atoms with E-state index < -0.39 is 26.9 Å². The molecule has 0 aliphatic carbocycles. The number of pyridine rings is 1. The lowest BCUT2D eigenvalue weighted by Gasteiger charge is -2.44. The summed E-state index contributed by atoms with van der Waals surface area (Å²) in [5, 5.41) is 19.7. The summed E-state index contributed by atoms with van der Waals surface area (Å²) in [7, 11) is -3.97. The third-order valence-electron chi connectivity index (χ3n) is 7.55. The molecule has 45 heavy (non-hydrogen) atoms. The Kier molecular flexibility index (Phi) is 8.25. The molecular formula is C30H30N8O5S2. The largest absolute Gasteiger partial charge is 0.598 e. The number of aliphatic hydroxyl groups is 1. The number of furan rings is 1. The fourth-order valence-electron chi connectivity index (χ4n) is 5.35. The number of aliphatic imine (C=N–C) groups is 1. The van der Waals surface area contributed by atoms with E-state index in [0.717, 1.165) is 10.4 Å². The second-order valence-corrected chi connectivity index (χ2v) is 14.0. The highest BCUT2D eigenvalue weighted by atomic mass is 32.2. The van der Waals surface area contributed by atoms with Crippen molar-refractivity contribution in [2.45, 2.75) is 36.8 Å². The molecule has 0 spiro atoms. The molecule has 1 aliphatic heterocycles. The molecule has 1 saturated heterocycles. The molecule has 5 heterocycles. The number of imidazole rings is 1. The molecule has 1 atom stereocenters. The molecular weight excluding hydrogens is 617 g/mol. The Balaban J connectivity index is 1.50. The highest BCUT2D eigenvalue weighted by Crippen LogP contribution is 2.35. The Labute approximate surface area is 262 Å². The zero-order valence-corrected chi connectivity index (χ0v) is 25.9. The zero-order chi connectivity index (χ0) is 31.8. The molecule has 1 fully saturated rings. The Morgan fingerprint density at radius 1 is 1.27 bits per heavy atom. The maximum atomic E-state index is 13.6. The molecule has 13 nitrogen and oxygen atoms in total. The van der Waals surface area contributed by atoms with Gasteiger partial charge in [-0.25, -0.2) is 22.4 Å². The second kappa shape index (κ2) is 12.1. The maximum Gasteiger partial charge on any atom is 0.269 e. The molecule has 1 aromatic carbocycles. The minimum Gasteiger partial charge on any atom is -0.598 e. The summed E-state index contributed by atoms with van der Waals surface area (Å²) in [4.78, 5) is 14.1. The fraction of sp³-hybridized carbons (Fsp3) is 0.267. The molecule has 1 unspecified atom stereocenters. The first kappa shape index (κ1) is 30.6. The molecule has 0 radical (unpaired) electrons. The Morgan fingerprint density at radius 2 is 2.04 bits per heavy atom. The van der Waals surface area contributed by atoms with Gasteiger partial charge in [-0.1, -0.05) is 25.1 Å². The van der Waals surface area contributed by atoms with Crippen LogP contribution in [0.3, 0.4) is 0 Å². The van der Waals surface area contributed by atoms with Crippen molar-refractivity contribution >= 4 is 55.4 Å². The first-order valence-electron chi connectivity index (χ1n) is 14.1. The summed E-state index contributed by atoms with van der Waals surface area (Å²) in [6.45, 7) is 2.35. The molecule has 1 aliphatic rings. The van der Waals surface area contributed by atoms with Gasteiger partial charge < -0.3 is 19.8 Å². The summed E-state index contributed by atoms with van der Waals surface area (Å²) in [6, 6.07) is 15.2.